The maximum atomic E-state index is 12.3. The Bertz CT molecular complexity index is 1200. The minimum absolute atomic E-state index is 0.0364. The number of hydrogen-bond acceptors (Lipinski definition) is 14. The molecule has 1 aromatic rings. The van der Waals surface area contributed by atoms with Crippen molar-refractivity contribution in [3.05, 3.63) is 19.6 Å². The third-order valence-corrected chi connectivity index (χ3v) is 9.25. The molecule has 15 heteroatoms. The van der Waals surface area contributed by atoms with Crippen molar-refractivity contribution >= 4 is 71.0 Å². The lowest BCUT2D eigenvalue weighted by atomic mass is 10.3. The van der Waals surface area contributed by atoms with Gasteiger partial charge in [0.25, 0.3) is 0 Å². The van der Waals surface area contributed by atoms with Gasteiger partial charge in [-0.05, 0) is 13.8 Å². The number of nitrogens with two attached hydrogens (primary N) is 1. The quantitative estimate of drug-likeness (QED) is 0.226. The van der Waals surface area contributed by atoms with Crippen molar-refractivity contribution in [3.63, 3.8) is 0 Å². The van der Waals surface area contributed by atoms with Crippen LogP contribution in [0.4, 0.5) is 4.79 Å². The van der Waals surface area contributed by atoms with Gasteiger partial charge in [0.1, 0.15) is 12.1 Å². The molecular weight excluding hydrogens is 551 g/mol. The second-order valence-corrected chi connectivity index (χ2v) is 11.0. The summed E-state index contributed by atoms with van der Waals surface area (Å²) in [6, 6.07) is 3.63. The first-order chi connectivity index (χ1) is 17.2. The van der Waals surface area contributed by atoms with Crippen molar-refractivity contribution in [1.82, 2.24) is 0 Å². The first kappa shape index (κ1) is 27.3. The molecule has 3 rings (SSSR count). The van der Waals surface area contributed by atoms with Crippen LogP contribution >= 0.6 is 47.0 Å². The molecule has 2 N–H and O–H groups in total. The Morgan fingerprint density at radius 2 is 1.11 bits per heavy atom. The number of fused-ring (bicyclic) bond motifs is 2. The molecule has 36 heavy (non-hydrogen) atoms. The molecule has 0 aromatic heterocycles. The number of ether oxygens (including phenoxy) is 4. The van der Waals surface area contributed by atoms with Gasteiger partial charge in [0.2, 0.25) is 0 Å². The Kier molecular flexibility index (Phi) is 8.86. The summed E-state index contributed by atoms with van der Waals surface area (Å²) in [6.45, 7) is 4.46. The standard InChI is InChI=1S/C21H15N3O8S4/c1-4-29-17(26)9(6-22)19-33-13-11(31-8(3)25)14-16(12(15(13)35-19)32-21(24)28)36-20(34-14)10(7-23)18(27)30-5-2/h4-5H2,1-3H3,(H2,24,28)/b19-9-,20-10+. The zero-order valence-corrected chi connectivity index (χ0v) is 22.1. The van der Waals surface area contributed by atoms with Gasteiger partial charge in [-0.15, -0.1) is 0 Å². The first-order valence-corrected chi connectivity index (χ1v) is 13.2. The van der Waals surface area contributed by atoms with E-state index < -0.39 is 24.0 Å². The first-order valence-electron chi connectivity index (χ1n) is 9.90. The lowest BCUT2D eigenvalue weighted by Crippen LogP contribution is -2.17. The Hall–Kier alpha value is -3.24. The molecule has 0 radical (unpaired) electrons. The molecule has 0 spiro atoms. The Morgan fingerprint density at radius 1 is 0.750 bits per heavy atom. The molecule has 0 unspecified atom stereocenters. The SMILES string of the molecule is CCOC(=O)/C(C#N)=C1/Sc2c(OC(C)=O)c3c(c(OC(N)=O)c2S1)S/C(=C(\C#N)C(=O)OCC)S3. The van der Waals surface area contributed by atoms with Gasteiger partial charge in [0.15, 0.2) is 22.6 Å². The fourth-order valence-electron chi connectivity index (χ4n) is 2.79. The third-order valence-electron chi connectivity index (χ3n) is 4.06. The third kappa shape index (κ3) is 5.44. The number of benzene rings is 1. The normalized spacial score (nSPS) is 16.0. The number of nitriles is 2. The van der Waals surface area contributed by atoms with Crippen molar-refractivity contribution in [3.8, 4) is 23.6 Å². The van der Waals surface area contributed by atoms with Crippen LogP contribution in [0, 0.1) is 22.7 Å². The van der Waals surface area contributed by atoms with Crippen LogP contribution in [0.5, 0.6) is 11.5 Å². The average Bonchev–Trinajstić information content (AvgIpc) is 3.42. The molecule has 2 heterocycles. The van der Waals surface area contributed by atoms with Gasteiger partial charge in [0.05, 0.1) is 41.3 Å². The lowest BCUT2D eigenvalue weighted by molar-refractivity contribution is -0.138. The predicted molar refractivity (Wildman–Crippen MR) is 130 cm³/mol. The zero-order chi connectivity index (χ0) is 26.6. The van der Waals surface area contributed by atoms with E-state index in [2.05, 4.69) is 0 Å². The van der Waals surface area contributed by atoms with Gasteiger partial charge in [-0.2, -0.15) is 10.5 Å². The molecule has 0 aliphatic carbocycles. The summed E-state index contributed by atoms with van der Waals surface area (Å²) in [5.74, 6) is -2.35. The number of primary amides is 1. The second kappa shape index (κ2) is 11.7. The largest absolute Gasteiger partial charge is 0.462 e. The number of esters is 3. The molecule has 0 saturated carbocycles. The van der Waals surface area contributed by atoms with Gasteiger partial charge in [-0.25, -0.2) is 14.4 Å². The fourth-order valence-corrected chi connectivity index (χ4v) is 8.11. The Labute approximate surface area is 221 Å². The molecule has 0 saturated heterocycles. The van der Waals surface area contributed by atoms with Crippen LogP contribution in [-0.2, 0) is 23.9 Å². The summed E-state index contributed by atoms with van der Waals surface area (Å²) in [5.41, 5.74) is 4.73. The summed E-state index contributed by atoms with van der Waals surface area (Å²) in [7, 11) is 0. The zero-order valence-electron chi connectivity index (χ0n) is 18.8. The fraction of sp³-hybridized carbons (Fsp3) is 0.238. The highest BCUT2D eigenvalue weighted by Crippen LogP contribution is 2.68. The van der Waals surface area contributed by atoms with Crippen molar-refractivity contribution in [2.45, 2.75) is 40.4 Å². The van der Waals surface area contributed by atoms with Gasteiger partial charge >= 0.3 is 24.0 Å². The number of hydrogen-bond donors (Lipinski definition) is 1. The monoisotopic (exact) mass is 565 g/mol. The Morgan fingerprint density at radius 3 is 1.39 bits per heavy atom. The van der Waals surface area contributed by atoms with Crippen LogP contribution in [0.1, 0.15) is 20.8 Å². The molecule has 0 atom stereocenters. The van der Waals surface area contributed by atoms with Gasteiger partial charge < -0.3 is 24.7 Å². The molecule has 2 aliphatic rings. The topological polar surface area (TPSA) is 179 Å². The van der Waals surface area contributed by atoms with Gasteiger partial charge in [-0.3, -0.25) is 4.79 Å². The molecule has 1 aromatic carbocycles. The lowest BCUT2D eigenvalue weighted by Gasteiger charge is -2.15. The smallest absolute Gasteiger partial charge is 0.410 e. The van der Waals surface area contributed by atoms with Crippen LogP contribution in [0.25, 0.3) is 0 Å². The molecule has 186 valence electrons. The number of amides is 1. The van der Waals surface area contributed by atoms with E-state index in [9.17, 15) is 29.7 Å². The summed E-state index contributed by atoms with van der Waals surface area (Å²) < 4.78 is 21.1. The van der Waals surface area contributed by atoms with E-state index in [1.54, 1.807) is 13.8 Å². The second-order valence-electron chi connectivity index (χ2n) is 6.39. The predicted octanol–water partition coefficient (Wildman–Crippen LogP) is 4.06. The van der Waals surface area contributed by atoms with E-state index in [-0.39, 0.29) is 63.9 Å². The van der Waals surface area contributed by atoms with E-state index >= 15 is 0 Å². The average molecular weight is 566 g/mol. The van der Waals surface area contributed by atoms with Gasteiger partial charge in [0, 0.05) is 6.92 Å². The molecule has 2 aliphatic heterocycles. The Balaban J connectivity index is 2.26. The summed E-state index contributed by atoms with van der Waals surface area (Å²) >= 11 is 3.74. The van der Waals surface area contributed by atoms with E-state index in [1.807, 2.05) is 12.1 Å². The van der Waals surface area contributed by atoms with Gasteiger partial charge in [-0.1, -0.05) is 47.0 Å². The number of rotatable bonds is 6. The number of carbonyl (C=O) groups excluding carboxylic acids is 4. The highest BCUT2D eigenvalue weighted by atomic mass is 32.2. The summed E-state index contributed by atoms with van der Waals surface area (Å²) in [4.78, 5) is 49.4. The van der Waals surface area contributed by atoms with E-state index in [0.717, 1.165) is 47.0 Å². The number of nitrogens with zero attached hydrogens (tertiary/aromatic N) is 2. The number of thioether (sulfide) groups is 4. The molecule has 11 nitrogen and oxygen atoms in total. The van der Waals surface area contributed by atoms with Crippen LogP contribution in [0.2, 0.25) is 0 Å². The highest BCUT2D eigenvalue weighted by molar-refractivity contribution is 8.26. The van der Waals surface area contributed by atoms with Crippen LogP contribution < -0.4 is 15.2 Å². The van der Waals surface area contributed by atoms with Crippen molar-refractivity contribution in [1.29, 1.82) is 10.5 Å². The van der Waals surface area contributed by atoms with E-state index in [1.165, 1.54) is 6.92 Å². The van der Waals surface area contributed by atoms with Crippen molar-refractivity contribution in [2.75, 3.05) is 13.2 Å². The van der Waals surface area contributed by atoms with Crippen molar-refractivity contribution in [2.24, 2.45) is 5.73 Å². The number of carbonyl (C=O) groups is 4. The minimum Gasteiger partial charge on any atom is -0.462 e. The summed E-state index contributed by atoms with van der Waals surface area (Å²) in [6.07, 6.45) is -1.15. The highest BCUT2D eigenvalue weighted by Gasteiger charge is 2.40. The summed E-state index contributed by atoms with van der Waals surface area (Å²) in [5, 5.41) is 19.1. The van der Waals surface area contributed by atoms with Crippen molar-refractivity contribution < 1.29 is 38.1 Å². The van der Waals surface area contributed by atoms with Crippen LogP contribution in [-0.4, -0.2) is 37.2 Å². The molecule has 1 amide bonds. The molecular formula is C21H15N3O8S4. The van der Waals surface area contributed by atoms with Crippen LogP contribution in [0.15, 0.2) is 39.2 Å². The maximum Gasteiger partial charge on any atom is 0.410 e. The maximum absolute atomic E-state index is 12.3. The minimum atomic E-state index is -1.15. The van der Waals surface area contributed by atoms with E-state index in [4.69, 9.17) is 24.7 Å². The molecule has 0 bridgehead atoms. The molecule has 0 fully saturated rings. The van der Waals surface area contributed by atoms with Crippen LogP contribution in [0.3, 0.4) is 0 Å². The van der Waals surface area contributed by atoms with E-state index in [0.29, 0.717) is 0 Å².